The summed E-state index contributed by atoms with van der Waals surface area (Å²) in [6.45, 7) is 0. The van der Waals surface area contributed by atoms with E-state index in [0.717, 1.165) is 0 Å². The molecule has 0 saturated carbocycles. The maximum absolute atomic E-state index is 11.9. The first-order valence-corrected chi connectivity index (χ1v) is 6.71. The fourth-order valence-corrected chi connectivity index (χ4v) is 2.25. The monoisotopic (exact) mass is 224 g/mol. The van der Waals surface area contributed by atoms with Crippen LogP contribution in [0.4, 0.5) is 0 Å². The van der Waals surface area contributed by atoms with Gasteiger partial charge < -0.3 is 0 Å². The van der Waals surface area contributed by atoms with E-state index in [2.05, 4.69) is 0 Å². The molecule has 0 radical (unpaired) electrons. The number of hydrogen-bond acceptors (Lipinski definition) is 2. The second kappa shape index (κ2) is 3.58. The van der Waals surface area contributed by atoms with Crippen molar-refractivity contribution in [1.29, 1.82) is 0 Å². The van der Waals surface area contributed by atoms with E-state index >= 15 is 0 Å². The molecule has 80 valence electrons. The van der Waals surface area contributed by atoms with Gasteiger partial charge in [0.1, 0.15) is 5.52 Å². The van der Waals surface area contributed by atoms with Gasteiger partial charge in [-0.2, -0.15) is 11.1 Å². The number of thiol groups is 1. The molecule has 0 bridgehead atoms. The Kier molecular flexibility index (Phi) is 2.40. The third-order valence-electron chi connectivity index (χ3n) is 2.20. The summed E-state index contributed by atoms with van der Waals surface area (Å²) in [7, 11) is 0. The maximum Gasteiger partial charge on any atom is 0.283 e. The van der Waals surface area contributed by atoms with Gasteiger partial charge in [0, 0.05) is 18.5 Å². The Bertz CT molecular complexity index is 613. The van der Waals surface area contributed by atoms with Crippen LogP contribution in [0.25, 0.3) is 5.52 Å². The van der Waals surface area contributed by atoms with Crippen LogP contribution in [0.15, 0.2) is 40.2 Å². The molecule has 0 fully saturated rings. The molecule has 0 aliphatic rings. The number of pyridine rings is 1. The second-order valence-electron chi connectivity index (χ2n) is 3.41. The molecule has 0 spiro atoms. The van der Waals surface area contributed by atoms with Crippen LogP contribution in [-0.4, -0.2) is 20.9 Å². The summed E-state index contributed by atoms with van der Waals surface area (Å²) < 4.78 is 3.04. The van der Waals surface area contributed by atoms with Crippen LogP contribution in [0.1, 0.15) is 0 Å². The van der Waals surface area contributed by atoms with Gasteiger partial charge in [-0.25, -0.2) is 0 Å². The molecule has 0 unspecified atom stereocenters. The average molecular weight is 224 g/mol. The van der Waals surface area contributed by atoms with Gasteiger partial charge in [0.2, 0.25) is 0 Å². The molecule has 0 aliphatic heterocycles. The third-order valence-corrected chi connectivity index (χ3v) is 3.38. The van der Waals surface area contributed by atoms with Gasteiger partial charge in [-0.1, -0.05) is 6.07 Å². The molecule has 2 rings (SSSR count). The fourth-order valence-electron chi connectivity index (χ4n) is 1.46. The standard InChI is InChI=1S/C10H12N2O2S/c1-15(2)12-7-6-11-8(10(12)14)4-3-5-9(11)13/h3-7,15H,1-2H3. The minimum Gasteiger partial charge on any atom is -0.277 e. The Morgan fingerprint density at radius 3 is 2.53 bits per heavy atom. The van der Waals surface area contributed by atoms with Gasteiger partial charge in [-0.3, -0.25) is 18.0 Å². The first-order chi connectivity index (χ1) is 7.11. The Morgan fingerprint density at radius 1 is 1.13 bits per heavy atom. The van der Waals surface area contributed by atoms with Crippen LogP contribution in [0.3, 0.4) is 0 Å². The van der Waals surface area contributed by atoms with Gasteiger partial charge in [0.25, 0.3) is 11.1 Å². The molecular weight excluding hydrogens is 212 g/mol. The smallest absolute Gasteiger partial charge is 0.277 e. The van der Waals surface area contributed by atoms with E-state index in [1.165, 1.54) is 10.5 Å². The van der Waals surface area contributed by atoms with Crippen molar-refractivity contribution in [2.24, 2.45) is 0 Å². The molecule has 4 nitrogen and oxygen atoms in total. The molecular formula is C10H12N2O2S. The minimum atomic E-state index is -0.510. The van der Waals surface area contributed by atoms with Crippen molar-refractivity contribution < 1.29 is 0 Å². The molecule has 2 heterocycles. The summed E-state index contributed by atoms with van der Waals surface area (Å²) >= 11 is -0.510. The zero-order valence-corrected chi connectivity index (χ0v) is 9.44. The summed E-state index contributed by atoms with van der Waals surface area (Å²) in [6.07, 6.45) is 7.30. The average Bonchev–Trinajstić information content (AvgIpc) is 2.19. The van der Waals surface area contributed by atoms with Crippen molar-refractivity contribution in [3.63, 3.8) is 0 Å². The lowest BCUT2D eigenvalue weighted by Gasteiger charge is -2.13. The molecule has 0 aromatic carbocycles. The lowest BCUT2D eigenvalue weighted by molar-refractivity contribution is 1.01. The predicted octanol–water partition coefficient (Wildman–Crippen LogP) is 0.485. The number of aromatic nitrogens is 2. The Hall–Kier alpha value is -1.49. The molecule has 0 N–H and O–H groups in total. The highest BCUT2D eigenvalue weighted by molar-refractivity contribution is 8.14. The van der Waals surface area contributed by atoms with Crippen LogP contribution in [0, 0.1) is 0 Å². The fraction of sp³-hybridized carbons (Fsp3) is 0.200. The summed E-state index contributed by atoms with van der Waals surface area (Å²) in [6, 6.07) is 4.72. The van der Waals surface area contributed by atoms with E-state index in [0.29, 0.717) is 5.52 Å². The van der Waals surface area contributed by atoms with Gasteiger partial charge in [-0.05, 0) is 18.6 Å². The second-order valence-corrected chi connectivity index (χ2v) is 5.54. The van der Waals surface area contributed by atoms with Crippen molar-refractivity contribution in [1.82, 2.24) is 8.37 Å². The predicted molar refractivity (Wildman–Crippen MR) is 64.2 cm³/mol. The Labute approximate surface area is 89.3 Å². The van der Waals surface area contributed by atoms with E-state index in [9.17, 15) is 9.59 Å². The number of rotatable bonds is 1. The number of fused-ring (bicyclic) bond motifs is 1. The Balaban J connectivity index is 2.93. The van der Waals surface area contributed by atoms with E-state index in [1.807, 2.05) is 12.5 Å². The lowest BCUT2D eigenvalue weighted by atomic mass is 10.4. The van der Waals surface area contributed by atoms with E-state index in [1.54, 1.807) is 28.5 Å². The van der Waals surface area contributed by atoms with Gasteiger partial charge >= 0.3 is 0 Å². The SMILES string of the molecule is C[SH](C)n1ccn2c(=O)cccc2c1=O. The number of hydrogen-bond donors (Lipinski definition) is 1. The van der Waals surface area contributed by atoms with Gasteiger partial charge in [0.05, 0.1) is 0 Å². The molecule has 2 aromatic rings. The zero-order chi connectivity index (χ0) is 11.0. The van der Waals surface area contributed by atoms with Crippen LogP contribution >= 0.6 is 11.1 Å². The summed E-state index contributed by atoms with van der Waals surface area (Å²) in [5, 5.41) is 0. The topological polar surface area (TPSA) is 43.5 Å². The van der Waals surface area contributed by atoms with Crippen molar-refractivity contribution in [2.75, 3.05) is 12.5 Å². The quantitative estimate of drug-likeness (QED) is 0.716. The van der Waals surface area contributed by atoms with E-state index < -0.39 is 11.1 Å². The lowest BCUT2D eigenvalue weighted by Crippen LogP contribution is -2.24. The normalized spacial score (nSPS) is 11.7. The maximum atomic E-state index is 11.9. The third kappa shape index (κ3) is 1.59. The Morgan fingerprint density at radius 2 is 1.87 bits per heavy atom. The molecule has 2 aromatic heterocycles. The first kappa shape index (κ1) is 10.0. The molecule has 0 saturated heterocycles. The highest BCUT2D eigenvalue weighted by atomic mass is 32.2. The minimum absolute atomic E-state index is 0.105. The van der Waals surface area contributed by atoms with Crippen molar-refractivity contribution >= 4 is 16.6 Å². The van der Waals surface area contributed by atoms with Gasteiger partial charge in [0.15, 0.2) is 0 Å². The zero-order valence-electron chi connectivity index (χ0n) is 8.54. The van der Waals surface area contributed by atoms with E-state index in [-0.39, 0.29) is 11.1 Å². The van der Waals surface area contributed by atoms with E-state index in [4.69, 9.17) is 0 Å². The van der Waals surface area contributed by atoms with Crippen molar-refractivity contribution in [2.45, 2.75) is 0 Å². The molecule has 5 heteroatoms. The summed E-state index contributed by atoms with van der Waals surface area (Å²) in [5.41, 5.74) is 0.154. The molecule has 0 atom stereocenters. The first-order valence-electron chi connectivity index (χ1n) is 4.52. The molecule has 0 aliphatic carbocycles. The molecule has 15 heavy (non-hydrogen) atoms. The van der Waals surface area contributed by atoms with Crippen LogP contribution in [0.5, 0.6) is 0 Å². The number of nitrogens with zero attached hydrogens (tertiary/aromatic N) is 2. The van der Waals surface area contributed by atoms with Crippen molar-refractivity contribution in [3.05, 3.63) is 51.3 Å². The van der Waals surface area contributed by atoms with Crippen LogP contribution in [0.2, 0.25) is 0 Å². The molecule has 0 amide bonds. The highest BCUT2D eigenvalue weighted by Gasteiger charge is 2.03. The highest BCUT2D eigenvalue weighted by Crippen LogP contribution is 2.13. The van der Waals surface area contributed by atoms with Crippen LogP contribution < -0.4 is 11.1 Å². The largest absolute Gasteiger partial charge is 0.283 e. The summed E-state index contributed by atoms with van der Waals surface area (Å²) in [4.78, 5) is 23.4. The summed E-state index contributed by atoms with van der Waals surface area (Å²) in [5.74, 6) is 0. The van der Waals surface area contributed by atoms with Gasteiger partial charge in [-0.15, -0.1) is 0 Å². The van der Waals surface area contributed by atoms with Crippen molar-refractivity contribution in [3.8, 4) is 0 Å². The van der Waals surface area contributed by atoms with Crippen LogP contribution in [-0.2, 0) is 0 Å².